The molecule has 2 nitrogen and oxygen atoms in total. The molecule has 0 radical (unpaired) electrons. The van der Waals surface area contributed by atoms with Crippen LogP contribution in [0.4, 0.5) is 0 Å². The van der Waals surface area contributed by atoms with E-state index in [1.807, 2.05) is 48.5 Å². The minimum absolute atomic E-state index is 0.131. The molecular weight excluding hydrogens is 392 g/mol. The van der Waals surface area contributed by atoms with Gasteiger partial charge < -0.3 is 5.11 Å². The van der Waals surface area contributed by atoms with Crippen LogP contribution in [0.1, 0.15) is 86.5 Å². The minimum atomic E-state index is -0.277. The largest absolute Gasteiger partial charge is 0.507 e. The van der Waals surface area contributed by atoms with Crippen molar-refractivity contribution >= 4 is 5.78 Å². The van der Waals surface area contributed by atoms with Gasteiger partial charge in [0.15, 0.2) is 5.78 Å². The topological polar surface area (TPSA) is 37.3 Å². The lowest BCUT2D eigenvalue weighted by Crippen LogP contribution is -2.21. The highest BCUT2D eigenvalue weighted by Gasteiger charge is 2.30. The smallest absolute Gasteiger partial charge is 0.170 e. The number of ketones is 1. The van der Waals surface area contributed by atoms with Gasteiger partial charge in [0.1, 0.15) is 5.75 Å². The zero-order chi connectivity index (χ0) is 23.5. The molecule has 0 saturated heterocycles. The SMILES string of the molecule is CC(C)(C)c1cc(C(CCc2ccccc2)C(=O)c2ccccc2)cc(C(C)(C)C)c1O. The zero-order valence-corrected chi connectivity index (χ0v) is 20.3. The van der Waals surface area contributed by atoms with Gasteiger partial charge in [-0.3, -0.25) is 4.79 Å². The van der Waals surface area contributed by atoms with Crippen LogP contribution in [0, 0.1) is 0 Å². The van der Waals surface area contributed by atoms with Gasteiger partial charge in [-0.1, -0.05) is 114 Å². The van der Waals surface area contributed by atoms with Gasteiger partial charge in [0.2, 0.25) is 0 Å². The van der Waals surface area contributed by atoms with Crippen LogP contribution >= 0.6 is 0 Å². The molecule has 168 valence electrons. The van der Waals surface area contributed by atoms with Gasteiger partial charge in [-0.05, 0) is 45.9 Å². The van der Waals surface area contributed by atoms with Gasteiger partial charge in [-0.2, -0.15) is 0 Å². The minimum Gasteiger partial charge on any atom is -0.507 e. The van der Waals surface area contributed by atoms with Crippen LogP contribution in [0.2, 0.25) is 0 Å². The second kappa shape index (κ2) is 9.32. The summed E-state index contributed by atoms with van der Waals surface area (Å²) in [4.78, 5) is 13.7. The van der Waals surface area contributed by atoms with Crippen molar-refractivity contribution in [2.24, 2.45) is 0 Å². The molecule has 3 rings (SSSR count). The summed E-state index contributed by atoms with van der Waals surface area (Å²) in [6.45, 7) is 12.6. The first-order valence-electron chi connectivity index (χ1n) is 11.5. The van der Waals surface area contributed by atoms with E-state index >= 15 is 0 Å². The van der Waals surface area contributed by atoms with E-state index in [1.165, 1.54) is 5.56 Å². The summed E-state index contributed by atoms with van der Waals surface area (Å²) in [7, 11) is 0. The van der Waals surface area contributed by atoms with Gasteiger partial charge >= 0.3 is 0 Å². The second-order valence-corrected chi connectivity index (χ2v) is 10.8. The lowest BCUT2D eigenvalue weighted by molar-refractivity contribution is 0.0955. The highest BCUT2D eigenvalue weighted by atomic mass is 16.3. The molecular formula is C30H36O2. The molecule has 0 aliphatic heterocycles. The number of carbonyl (C=O) groups is 1. The van der Waals surface area contributed by atoms with Crippen LogP contribution in [-0.4, -0.2) is 10.9 Å². The van der Waals surface area contributed by atoms with E-state index < -0.39 is 0 Å². The number of phenols is 1. The maximum atomic E-state index is 13.7. The molecule has 0 saturated carbocycles. The number of benzene rings is 3. The summed E-state index contributed by atoms with van der Waals surface area (Å²) in [5.41, 5.74) is 4.26. The summed E-state index contributed by atoms with van der Waals surface area (Å²) in [5, 5.41) is 11.1. The summed E-state index contributed by atoms with van der Waals surface area (Å²) in [5.74, 6) is 0.204. The van der Waals surface area contributed by atoms with Crippen molar-refractivity contribution in [1.82, 2.24) is 0 Å². The lowest BCUT2D eigenvalue weighted by atomic mass is 9.75. The molecule has 3 aromatic rings. The van der Waals surface area contributed by atoms with Crippen LogP contribution in [0.15, 0.2) is 72.8 Å². The van der Waals surface area contributed by atoms with E-state index in [-0.39, 0.29) is 22.5 Å². The van der Waals surface area contributed by atoms with Crippen molar-refractivity contribution in [2.45, 2.75) is 71.1 Å². The van der Waals surface area contributed by atoms with E-state index in [2.05, 4.69) is 65.8 Å². The first kappa shape index (κ1) is 23.8. The highest BCUT2D eigenvalue weighted by Crippen LogP contribution is 2.42. The van der Waals surface area contributed by atoms with Crippen LogP contribution in [0.3, 0.4) is 0 Å². The molecule has 1 unspecified atom stereocenters. The Morgan fingerprint density at radius 3 is 1.72 bits per heavy atom. The number of rotatable bonds is 6. The van der Waals surface area contributed by atoms with E-state index in [0.29, 0.717) is 5.75 Å². The quantitative estimate of drug-likeness (QED) is 0.411. The van der Waals surface area contributed by atoms with E-state index in [1.54, 1.807) is 0 Å². The molecule has 0 aliphatic rings. The van der Waals surface area contributed by atoms with Gasteiger partial charge in [0.25, 0.3) is 0 Å². The third kappa shape index (κ3) is 5.48. The standard InChI is InChI=1S/C30H36O2/c1-29(2,3)25-19-23(20-26(28(25)32)30(4,5)6)24(18-17-21-13-9-7-10-14-21)27(31)22-15-11-8-12-16-22/h7-16,19-20,24,32H,17-18H2,1-6H3. The monoisotopic (exact) mass is 428 g/mol. The van der Waals surface area contributed by atoms with Crippen molar-refractivity contribution in [2.75, 3.05) is 0 Å². The van der Waals surface area contributed by atoms with Crippen molar-refractivity contribution in [3.05, 3.63) is 101 Å². The molecule has 0 aliphatic carbocycles. The number of hydrogen-bond acceptors (Lipinski definition) is 2. The fraction of sp³-hybridized carbons (Fsp3) is 0.367. The first-order valence-corrected chi connectivity index (χ1v) is 11.5. The Morgan fingerprint density at radius 1 is 0.781 bits per heavy atom. The average Bonchev–Trinajstić information content (AvgIpc) is 2.74. The number of aromatic hydroxyl groups is 1. The molecule has 3 aromatic carbocycles. The number of hydrogen-bond donors (Lipinski definition) is 1. The van der Waals surface area contributed by atoms with Gasteiger partial charge in [-0.25, -0.2) is 0 Å². The second-order valence-electron chi connectivity index (χ2n) is 10.8. The van der Waals surface area contributed by atoms with Crippen molar-refractivity contribution in [1.29, 1.82) is 0 Å². The van der Waals surface area contributed by atoms with Crippen LogP contribution in [-0.2, 0) is 17.3 Å². The van der Waals surface area contributed by atoms with Crippen molar-refractivity contribution < 1.29 is 9.90 Å². The van der Waals surface area contributed by atoms with Crippen molar-refractivity contribution in [3.63, 3.8) is 0 Å². The molecule has 2 heteroatoms. The number of aryl methyl sites for hydroxylation is 1. The Morgan fingerprint density at radius 2 is 1.25 bits per heavy atom. The fourth-order valence-electron chi connectivity index (χ4n) is 4.21. The molecule has 0 bridgehead atoms. The van der Waals surface area contributed by atoms with Gasteiger partial charge in [-0.15, -0.1) is 0 Å². The maximum Gasteiger partial charge on any atom is 0.170 e. The predicted molar refractivity (Wildman–Crippen MR) is 134 cm³/mol. The molecule has 0 fully saturated rings. The number of Topliss-reactive ketones (excluding diaryl/α,β-unsaturated/α-hetero) is 1. The normalized spacial score (nSPS) is 13.1. The van der Waals surface area contributed by atoms with E-state index in [4.69, 9.17) is 0 Å². The van der Waals surface area contributed by atoms with Gasteiger partial charge in [0, 0.05) is 11.5 Å². The molecule has 1 atom stereocenters. The summed E-state index contributed by atoms with van der Waals surface area (Å²) < 4.78 is 0. The average molecular weight is 429 g/mol. The summed E-state index contributed by atoms with van der Waals surface area (Å²) in [6, 6.07) is 24.0. The molecule has 0 spiro atoms. The van der Waals surface area contributed by atoms with Crippen LogP contribution in [0.5, 0.6) is 5.75 Å². The van der Waals surface area contributed by atoms with E-state index in [0.717, 1.165) is 35.1 Å². The summed E-state index contributed by atoms with van der Waals surface area (Å²) >= 11 is 0. The van der Waals surface area contributed by atoms with E-state index in [9.17, 15) is 9.90 Å². The Balaban J connectivity index is 2.13. The number of phenolic OH excluding ortho intramolecular Hbond substituents is 1. The Kier molecular flexibility index (Phi) is 6.93. The van der Waals surface area contributed by atoms with Gasteiger partial charge in [0.05, 0.1) is 0 Å². The molecule has 0 aromatic heterocycles. The first-order chi connectivity index (χ1) is 15.0. The number of carbonyl (C=O) groups excluding carboxylic acids is 1. The predicted octanol–water partition coefficient (Wildman–Crippen LogP) is 7.59. The maximum absolute atomic E-state index is 13.7. The highest BCUT2D eigenvalue weighted by molar-refractivity contribution is 6.01. The Hall–Kier alpha value is -2.87. The Labute approximate surface area is 193 Å². The lowest BCUT2D eigenvalue weighted by Gasteiger charge is -2.30. The molecule has 1 N–H and O–H groups in total. The van der Waals surface area contributed by atoms with Crippen molar-refractivity contribution in [3.8, 4) is 5.75 Å². The molecule has 32 heavy (non-hydrogen) atoms. The molecule has 0 amide bonds. The zero-order valence-electron chi connectivity index (χ0n) is 20.3. The van der Waals surface area contributed by atoms with Crippen LogP contribution < -0.4 is 0 Å². The fourth-order valence-corrected chi connectivity index (χ4v) is 4.21. The third-order valence-electron chi connectivity index (χ3n) is 6.09. The molecule has 0 heterocycles. The summed E-state index contributed by atoms with van der Waals surface area (Å²) in [6.07, 6.45) is 1.54. The Bertz CT molecular complexity index is 1020. The third-order valence-corrected chi connectivity index (χ3v) is 6.09. The van der Waals surface area contributed by atoms with Crippen LogP contribution in [0.25, 0.3) is 0 Å².